The van der Waals surface area contributed by atoms with Crippen molar-refractivity contribution >= 4 is 0 Å². The van der Waals surface area contributed by atoms with Crippen LogP contribution in [0.2, 0.25) is 0 Å². The van der Waals surface area contributed by atoms with Gasteiger partial charge >= 0.3 is 0 Å². The van der Waals surface area contributed by atoms with Crippen molar-refractivity contribution < 1.29 is 19.0 Å². The molecule has 0 spiro atoms. The molecule has 1 aromatic carbocycles. The maximum absolute atomic E-state index is 13.5. The van der Waals surface area contributed by atoms with E-state index in [1.54, 1.807) is 0 Å². The number of hydrogen-bond donors (Lipinski definition) is 2. The minimum atomic E-state index is -1.15. The molecule has 1 saturated carbocycles. The second-order valence-corrected chi connectivity index (χ2v) is 5.74. The first-order valence-corrected chi connectivity index (χ1v) is 6.75. The molecule has 0 heterocycles. The van der Waals surface area contributed by atoms with E-state index in [-0.39, 0.29) is 12.0 Å². The van der Waals surface area contributed by atoms with Gasteiger partial charge in [0.05, 0.1) is 11.7 Å². The lowest BCUT2D eigenvalue weighted by Gasteiger charge is -2.38. The standard InChI is InChI=1S/C15H20F2O2/c1-10-4-6-15(19,7-5-10)14(18)8-11-2-3-12(16)9-13(11)17/h2-3,9-10,14,18-19H,4-8H2,1H3. The molecule has 106 valence electrons. The molecule has 1 aromatic rings. The summed E-state index contributed by atoms with van der Waals surface area (Å²) < 4.78 is 26.3. The molecule has 1 unspecified atom stereocenters. The van der Waals surface area contributed by atoms with Crippen molar-refractivity contribution in [2.45, 2.75) is 50.7 Å². The normalized spacial score (nSPS) is 29.2. The van der Waals surface area contributed by atoms with Crippen molar-refractivity contribution in [1.82, 2.24) is 0 Å². The second-order valence-electron chi connectivity index (χ2n) is 5.74. The van der Waals surface area contributed by atoms with Crippen LogP contribution in [0.4, 0.5) is 8.78 Å². The van der Waals surface area contributed by atoms with Gasteiger partial charge in [0.2, 0.25) is 0 Å². The molecule has 2 N–H and O–H groups in total. The highest BCUT2D eigenvalue weighted by molar-refractivity contribution is 5.20. The van der Waals surface area contributed by atoms with Crippen molar-refractivity contribution in [3.63, 3.8) is 0 Å². The van der Waals surface area contributed by atoms with E-state index in [0.717, 1.165) is 25.0 Å². The van der Waals surface area contributed by atoms with E-state index in [1.807, 2.05) is 0 Å². The Balaban J connectivity index is 2.06. The molecule has 0 saturated heterocycles. The lowest BCUT2D eigenvalue weighted by Crippen LogP contribution is -2.46. The van der Waals surface area contributed by atoms with Crippen LogP contribution in [-0.4, -0.2) is 21.9 Å². The summed E-state index contributed by atoms with van der Waals surface area (Å²) in [5, 5.41) is 20.6. The van der Waals surface area contributed by atoms with E-state index in [2.05, 4.69) is 6.92 Å². The summed E-state index contributed by atoms with van der Waals surface area (Å²) in [6.07, 6.45) is 1.77. The van der Waals surface area contributed by atoms with Crippen LogP contribution in [0, 0.1) is 17.6 Å². The number of halogens is 2. The van der Waals surface area contributed by atoms with Gasteiger partial charge in [-0.2, -0.15) is 0 Å². The largest absolute Gasteiger partial charge is 0.390 e. The van der Waals surface area contributed by atoms with Crippen LogP contribution in [0.15, 0.2) is 18.2 Å². The molecule has 0 aromatic heterocycles. The van der Waals surface area contributed by atoms with Gasteiger partial charge in [-0.05, 0) is 43.2 Å². The minimum absolute atomic E-state index is 0.0109. The van der Waals surface area contributed by atoms with E-state index in [4.69, 9.17) is 0 Å². The maximum atomic E-state index is 13.5. The zero-order valence-electron chi connectivity index (χ0n) is 11.1. The fourth-order valence-electron chi connectivity index (χ4n) is 2.68. The molecule has 19 heavy (non-hydrogen) atoms. The smallest absolute Gasteiger partial charge is 0.129 e. The van der Waals surface area contributed by atoms with Crippen LogP contribution in [-0.2, 0) is 6.42 Å². The Hall–Kier alpha value is -1.00. The Kier molecular flexibility index (Phi) is 4.21. The molecule has 2 nitrogen and oxygen atoms in total. The molecule has 0 aliphatic heterocycles. The summed E-state index contributed by atoms with van der Waals surface area (Å²) >= 11 is 0. The Morgan fingerprint density at radius 2 is 1.95 bits per heavy atom. The number of rotatable bonds is 3. The predicted molar refractivity (Wildman–Crippen MR) is 68.7 cm³/mol. The monoisotopic (exact) mass is 270 g/mol. The first-order chi connectivity index (χ1) is 8.90. The number of hydrogen-bond acceptors (Lipinski definition) is 2. The average molecular weight is 270 g/mol. The van der Waals surface area contributed by atoms with Crippen LogP contribution in [0.5, 0.6) is 0 Å². The van der Waals surface area contributed by atoms with Crippen LogP contribution in [0.25, 0.3) is 0 Å². The van der Waals surface area contributed by atoms with Crippen LogP contribution < -0.4 is 0 Å². The Labute approximate surface area is 112 Å². The van der Waals surface area contributed by atoms with Crippen LogP contribution >= 0.6 is 0 Å². The minimum Gasteiger partial charge on any atom is -0.390 e. The molecule has 0 bridgehead atoms. The molecule has 0 amide bonds. The lowest BCUT2D eigenvalue weighted by molar-refractivity contribution is -0.102. The van der Waals surface area contributed by atoms with Crippen molar-refractivity contribution in [2.75, 3.05) is 0 Å². The molecular weight excluding hydrogens is 250 g/mol. The topological polar surface area (TPSA) is 40.5 Å². The fourth-order valence-corrected chi connectivity index (χ4v) is 2.68. The molecule has 2 rings (SSSR count). The van der Waals surface area contributed by atoms with Gasteiger partial charge in [0.25, 0.3) is 0 Å². The van der Waals surface area contributed by atoms with Gasteiger partial charge in [-0.1, -0.05) is 13.0 Å². The van der Waals surface area contributed by atoms with Crippen molar-refractivity contribution in [3.8, 4) is 0 Å². The Bertz CT molecular complexity index is 440. The number of aliphatic hydroxyl groups excluding tert-OH is 1. The summed E-state index contributed by atoms with van der Waals surface area (Å²) in [6.45, 7) is 2.12. The van der Waals surface area contributed by atoms with E-state index in [1.165, 1.54) is 6.07 Å². The second kappa shape index (κ2) is 5.55. The maximum Gasteiger partial charge on any atom is 0.129 e. The first-order valence-electron chi connectivity index (χ1n) is 6.75. The first kappa shape index (κ1) is 14.4. The summed E-state index contributed by atoms with van der Waals surface area (Å²) in [4.78, 5) is 0. The Morgan fingerprint density at radius 3 is 2.53 bits per heavy atom. The molecule has 1 atom stereocenters. The third kappa shape index (κ3) is 3.31. The molecular formula is C15H20F2O2. The van der Waals surface area contributed by atoms with Crippen LogP contribution in [0.1, 0.15) is 38.2 Å². The third-order valence-electron chi connectivity index (χ3n) is 4.19. The van der Waals surface area contributed by atoms with Gasteiger partial charge in [0, 0.05) is 12.5 Å². The van der Waals surface area contributed by atoms with Gasteiger partial charge in [0.15, 0.2) is 0 Å². The zero-order valence-corrected chi connectivity index (χ0v) is 11.1. The number of benzene rings is 1. The Morgan fingerprint density at radius 1 is 1.32 bits per heavy atom. The zero-order chi connectivity index (χ0) is 14.0. The van der Waals surface area contributed by atoms with Gasteiger partial charge in [-0.3, -0.25) is 0 Å². The van der Waals surface area contributed by atoms with Crippen molar-refractivity contribution in [3.05, 3.63) is 35.4 Å². The molecule has 4 heteroatoms. The summed E-state index contributed by atoms with van der Waals surface area (Å²) in [7, 11) is 0. The van der Waals surface area contributed by atoms with E-state index < -0.39 is 23.3 Å². The summed E-state index contributed by atoms with van der Waals surface area (Å²) in [5.74, 6) is -0.761. The van der Waals surface area contributed by atoms with Gasteiger partial charge in [-0.15, -0.1) is 0 Å². The SMILES string of the molecule is CC1CCC(O)(C(O)Cc2ccc(F)cc2F)CC1. The summed E-state index contributed by atoms with van der Waals surface area (Å²) in [6, 6.07) is 3.29. The molecule has 0 radical (unpaired) electrons. The average Bonchev–Trinajstić information content (AvgIpc) is 2.36. The van der Waals surface area contributed by atoms with E-state index in [9.17, 15) is 19.0 Å². The van der Waals surface area contributed by atoms with E-state index >= 15 is 0 Å². The lowest BCUT2D eigenvalue weighted by atomic mass is 9.75. The predicted octanol–water partition coefficient (Wildman–Crippen LogP) is 2.81. The van der Waals surface area contributed by atoms with Crippen LogP contribution in [0.3, 0.4) is 0 Å². The number of aliphatic hydroxyl groups is 2. The van der Waals surface area contributed by atoms with E-state index in [0.29, 0.717) is 18.8 Å². The van der Waals surface area contributed by atoms with Crippen molar-refractivity contribution in [2.24, 2.45) is 5.92 Å². The molecule has 1 aliphatic carbocycles. The van der Waals surface area contributed by atoms with Crippen molar-refractivity contribution in [1.29, 1.82) is 0 Å². The van der Waals surface area contributed by atoms with Gasteiger partial charge in [-0.25, -0.2) is 8.78 Å². The highest BCUT2D eigenvalue weighted by atomic mass is 19.1. The van der Waals surface area contributed by atoms with Gasteiger partial charge in [0.1, 0.15) is 11.6 Å². The fraction of sp³-hybridized carbons (Fsp3) is 0.600. The highest BCUT2D eigenvalue weighted by Crippen LogP contribution is 2.35. The van der Waals surface area contributed by atoms with Gasteiger partial charge < -0.3 is 10.2 Å². The molecule has 1 aliphatic rings. The third-order valence-corrected chi connectivity index (χ3v) is 4.19. The highest BCUT2D eigenvalue weighted by Gasteiger charge is 2.38. The summed E-state index contributed by atoms with van der Waals surface area (Å²) in [5.41, 5.74) is -0.909. The quantitative estimate of drug-likeness (QED) is 0.886. The molecule has 1 fully saturated rings.